The van der Waals surface area contributed by atoms with Gasteiger partial charge in [0.2, 0.25) is 0 Å². The molecule has 0 amide bonds. The molecule has 0 radical (unpaired) electrons. The maximum absolute atomic E-state index is 13.5. The van der Waals surface area contributed by atoms with Gasteiger partial charge in [-0.25, -0.2) is 4.79 Å². The van der Waals surface area contributed by atoms with Crippen LogP contribution in [0, 0.1) is 5.41 Å². The van der Waals surface area contributed by atoms with Crippen LogP contribution in [0.3, 0.4) is 0 Å². The largest absolute Gasteiger partial charge is 0.493 e. The Morgan fingerprint density at radius 3 is 2.47 bits per heavy atom. The van der Waals surface area contributed by atoms with Crippen LogP contribution in [-0.4, -0.2) is 32.1 Å². The zero-order chi connectivity index (χ0) is 23.0. The van der Waals surface area contributed by atoms with Gasteiger partial charge in [-0.2, -0.15) is 0 Å². The smallest absolute Gasteiger partial charge is 0.337 e. The predicted octanol–water partition coefficient (Wildman–Crippen LogP) is 4.79. The fraction of sp³-hybridized carbons (Fsp3) is 0.538. The first-order valence-corrected chi connectivity index (χ1v) is 11.4. The molecule has 4 rings (SSSR count). The SMILES string of the molecule is COc1cccc([C@H]2C(C(=O)OC3CCCC3)=C(C)NC3=C2C(=O)CC(C)(C)C3)c1OC. The van der Waals surface area contributed by atoms with Crippen LogP contribution in [-0.2, 0) is 14.3 Å². The van der Waals surface area contributed by atoms with Crippen LogP contribution in [0.2, 0.25) is 0 Å². The van der Waals surface area contributed by atoms with Crippen molar-refractivity contribution in [2.24, 2.45) is 5.41 Å². The first-order valence-electron chi connectivity index (χ1n) is 11.4. The summed E-state index contributed by atoms with van der Waals surface area (Å²) in [5.74, 6) is 0.229. The minimum atomic E-state index is -0.561. The Morgan fingerprint density at radius 1 is 1.09 bits per heavy atom. The van der Waals surface area contributed by atoms with E-state index in [1.54, 1.807) is 14.2 Å². The van der Waals surface area contributed by atoms with Crippen LogP contribution in [0.5, 0.6) is 11.5 Å². The molecule has 1 fully saturated rings. The summed E-state index contributed by atoms with van der Waals surface area (Å²) in [7, 11) is 3.16. The lowest BCUT2D eigenvalue weighted by Crippen LogP contribution is -2.39. The number of rotatable bonds is 5. The number of ketones is 1. The fourth-order valence-corrected chi connectivity index (χ4v) is 5.38. The van der Waals surface area contributed by atoms with E-state index < -0.39 is 5.92 Å². The second-order valence-corrected chi connectivity index (χ2v) is 9.82. The van der Waals surface area contributed by atoms with Crippen molar-refractivity contribution in [1.29, 1.82) is 0 Å². The average molecular weight is 440 g/mol. The normalized spacial score (nSPS) is 23.0. The van der Waals surface area contributed by atoms with E-state index in [2.05, 4.69) is 19.2 Å². The Balaban J connectivity index is 1.86. The molecule has 32 heavy (non-hydrogen) atoms. The molecule has 1 N–H and O–H groups in total. The number of methoxy groups -OCH3 is 2. The van der Waals surface area contributed by atoms with Gasteiger partial charge in [0, 0.05) is 29.0 Å². The van der Waals surface area contributed by atoms with Gasteiger partial charge in [0.15, 0.2) is 17.3 Å². The van der Waals surface area contributed by atoms with Crippen LogP contribution in [0.1, 0.15) is 70.8 Å². The number of nitrogens with one attached hydrogen (secondary N) is 1. The fourth-order valence-electron chi connectivity index (χ4n) is 5.38. The lowest BCUT2D eigenvalue weighted by Gasteiger charge is -2.39. The molecule has 1 aromatic rings. The lowest BCUT2D eigenvalue weighted by atomic mass is 9.68. The quantitative estimate of drug-likeness (QED) is 0.665. The molecule has 1 aromatic carbocycles. The summed E-state index contributed by atoms with van der Waals surface area (Å²) >= 11 is 0. The highest BCUT2D eigenvalue weighted by atomic mass is 16.5. The maximum Gasteiger partial charge on any atom is 0.337 e. The molecule has 172 valence electrons. The molecule has 0 spiro atoms. The van der Waals surface area contributed by atoms with Crippen molar-refractivity contribution < 1.29 is 23.8 Å². The van der Waals surface area contributed by atoms with Crippen LogP contribution in [0.15, 0.2) is 40.7 Å². The number of benzene rings is 1. The molecule has 0 aromatic heterocycles. The molecule has 0 saturated heterocycles. The summed E-state index contributed by atoms with van der Waals surface area (Å²) in [6.45, 7) is 6.08. The Labute approximate surface area is 190 Å². The molecular weight excluding hydrogens is 406 g/mol. The summed E-state index contributed by atoms with van der Waals surface area (Å²) in [5, 5.41) is 3.39. The van der Waals surface area contributed by atoms with Gasteiger partial charge in [-0.3, -0.25) is 4.79 Å². The third-order valence-electron chi connectivity index (χ3n) is 6.78. The van der Waals surface area contributed by atoms with Gasteiger partial charge in [-0.05, 0) is 50.5 Å². The third-order valence-corrected chi connectivity index (χ3v) is 6.78. The van der Waals surface area contributed by atoms with Crippen molar-refractivity contribution in [2.45, 2.75) is 71.3 Å². The lowest BCUT2D eigenvalue weighted by molar-refractivity contribution is -0.144. The second-order valence-electron chi connectivity index (χ2n) is 9.82. The molecule has 1 aliphatic heterocycles. The molecule has 1 atom stereocenters. The van der Waals surface area contributed by atoms with Crippen LogP contribution in [0.25, 0.3) is 0 Å². The summed E-state index contributed by atoms with van der Waals surface area (Å²) < 4.78 is 17.2. The van der Waals surface area contributed by atoms with E-state index in [1.165, 1.54) is 0 Å². The highest BCUT2D eigenvalue weighted by molar-refractivity contribution is 6.04. The molecule has 6 nitrogen and oxygen atoms in total. The van der Waals surface area contributed by atoms with Crippen molar-refractivity contribution in [3.63, 3.8) is 0 Å². The first-order chi connectivity index (χ1) is 15.3. The number of carbonyl (C=O) groups excluding carboxylic acids is 2. The summed E-state index contributed by atoms with van der Waals surface area (Å²) in [6, 6.07) is 5.59. The first kappa shape index (κ1) is 22.4. The van der Waals surface area contributed by atoms with E-state index in [0.717, 1.165) is 49.1 Å². The summed E-state index contributed by atoms with van der Waals surface area (Å²) in [4.78, 5) is 26.9. The molecule has 6 heteroatoms. The third kappa shape index (κ3) is 4.03. The Kier molecular flexibility index (Phi) is 6.06. The summed E-state index contributed by atoms with van der Waals surface area (Å²) in [6.07, 6.45) is 5.03. The molecule has 3 aliphatic rings. The monoisotopic (exact) mass is 439 g/mol. The molecule has 1 heterocycles. The van der Waals surface area contributed by atoms with Gasteiger partial charge < -0.3 is 19.5 Å². The van der Waals surface area contributed by atoms with E-state index in [4.69, 9.17) is 14.2 Å². The second kappa shape index (κ2) is 8.64. The minimum Gasteiger partial charge on any atom is -0.493 e. The number of dihydropyridines is 1. The zero-order valence-corrected chi connectivity index (χ0v) is 19.7. The zero-order valence-electron chi connectivity index (χ0n) is 19.7. The average Bonchev–Trinajstić information content (AvgIpc) is 3.23. The van der Waals surface area contributed by atoms with Crippen LogP contribution < -0.4 is 14.8 Å². The van der Waals surface area contributed by atoms with Crippen LogP contribution in [0.4, 0.5) is 0 Å². The van der Waals surface area contributed by atoms with Gasteiger partial charge in [-0.1, -0.05) is 26.0 Å². The van der Waals surface area contributed by atoms with E-state index in [1.807, 2.05) is 25.1 Å². The van der Waals surface area contributed by atoms with Crippen molar-refractivity contribution in [3.05, 3.63) is 46.3 Å². The number of esters is 1. The van der Waals surface area contributed by atoms with Crippen molar-refractivity contribution >= 4 is 11.8 Å². The van der Waals surface area contributed by atoms with Gasteiger partial charge in [0.1, 0.15) is 6.10 Å². The van der Waals surface area contributed by atoms with Crippen LogP contribution >= 0.6 is 0 Å². The van der Waals surface area contributed by atoms with Crippen molar-refractivity contribution in [1.82, 2.24) is 5.32 Å². The number of allylic oxidation sites excluding steroid dienone is 3. The van der Waals surface area contributed by atoms with E-state index in [0.29, 0.717) is 29.1 Å². The molecule has 0 unspecified atom stereocenters. The molecule has 1 saturated carbocycles. The minimum absolute atomic E-state index is 0.0530. The number of Topliss-reactive ketones (excluding diaryl/α,β-unsaturated/α-hetero) is 1. The van der Waals surface area contributed by atoms with Crippen molar-refractivity contribution in [2.75, 3.05) is 14.2 Å². The topological polar surface area (TPSA) is 73.9 Å². The van der Waals surface area contributed by atoms with E-state index in [-0.39, 0.29) is 23.3 Å². The maximum atomic E-state index is 13.5. The number of ether oxygens (including phenoxy) is 3. The number of carbonyl (C=O) groups is 2. The van der Waals surface area contributed by atoms with Gasteiger partial charge in [0.25, 0.3) is 0 Å². The Bertz CT molecular complexity index is 997. The molecule has 0 bridgehead atoms. The predicted molar refractivity (Wildman–Crippen MR) is 122 cm³/mol. The highest BCUT2D eigenvalue weighted by Crippen LogP contribution is 2.50. The van der Waals surface area contributed by atoms with E-state index in [9.17, 15) is 9.59 Å². The molecular formula is C26H33NO5. The van der Waals surface area contributed by atoms with Crippen molar-refractivity contribution in [3.8, 4) is 11.5 Å². The molecule has 2 aliphatic carbocycles. The Hall–Kier alpha value is -2.76. The van der Waals surface area contributed by atoms with Gasteiger partial charge >= 0.3 is 5.97 Å². The Morgan fingerprint density at radius 2 is 1.81 bits per heavy atom. The number of hydrogen-bond acceptors (Lipinski definition) is 6. The summed E-state index contributed by atoms with van der Waals surface area (Å²) in [5.41, 5.74) is 3.33. The van der Waals surface area contributed by atoms with Gasteiger partial charge in [-0.15, -0.1) is 0 Å². The van der Waals surface area contributed by atoms with Gasteiger partial charge in [0.05, 0.1) is 25.7 Å². The van der Waals surface area contributed by atoms with E-state index >= 15 is 0 Å². The number of para-hydroxylation sites is 1. The highest BCUT2D eigenvalue weighted by Gasteiger charge is 2.44. The number of hydrogen-bond donors (Lipinski definition) is 1. The standard InChI is InChI=1S/C26H33NO5/c1-15-21(25(29)32-16-9-6-7-10-16)22(17-11-8-12-20(30-4)24(17)31-5)23-18(27-15)13-26(2,3)14-19(23)28/h8,11-12,16,22,27H,6-7,9-10,13-14H2,1-5H3/t22-/m0/s1.